The van der Waals surface area contributed by atoms with E-state index < -0.39 is 6.10 Å². The molecule has 146 valence electrons. The number of aliphatic hydroxyl groups excluding tert-OH is 1. The van der Waals surface area contributed by atoms with Crippen molar-refractivity contribution in [3.05, 3.63) is 11.6 Å². The van der Waals surface area contributed by atoms with Crippen LogP contribution in [-0.2, 0) is 9.53 Å². The number of carbonyl (C=O) groups is 1. The first-order chi connectivity index (χ1) is 12.4. The molecule has 2 heterocycles. The first kappa shape index (κ1) is 18.5. The molecule has 26 heavy (non-hydrogen) atoms. The van der Waals surface area contributed by atoms with Crippen molar-refractivity contribution in [1.82, 2.24) is 9.80 Å². The van der Waals surface area contributed by atoms with Crippen molar-refractivity contribution < 1.29 is 14.6 Å². The Morgan fingerprint density at radius 1 is 1.27 bits per heavy atom. The number of aliphatic hydroxyl groups is 1. The molecular weight excluding hydrogens is 328 g/mol. The molecule has 2 saturated heterocycles. The lowest BCUT2D eigenvalue weighted by Crippen LogP contribution is -2.55. The molecule has 0 amide bonds. The minimum absolute atomic E-state index is 0.0607. The van der Waals surface area contributed by atoms with Crippen LogP contribution in [0.3, 0.4) is 0 Å². The van der Waals surface area contributed by atoms with Gasteiger partial charge < -0.3 is 14.7 Å². The molecule has 2 aliphatic carbocycles. The standard InChI is InChI=1S/C21H34N2O3/c1-4-22-8-10-23(11-9-22)13-16-18-17(26-20(16)25)12-15-7-5-6-14(2)21(15,3)19(18)24/h7,14,16-19,24H,4-6,8-13H2,1-3H3/t14-,16+,17+,18-,19+,21+/m1/s1. The van der Waals surface area contributed by atoms with Crippen LogP contribution >= 0.6 is 0 Å². The van der Waals surface area contributed by atoms with E-state index in [1.54, 1.807) is 0 Å². The SMILES string of the molecule is CCN1CCN(C[C@@H]2C(=O)O[C@H]3CC4=CCC[C@@H](C)[C@]4(C)[C@@H](O)[C@@H]32)CC1. The van der Waals surface area contributed by atoms with Crippen molar-refractivity contribution in [1.29, 1.82) is 0 Å². The summed E-state index contributed by atoms with van der Waals surface area (Å²) in [4.78, 5) is 17.5. The lowest BCUT2D eigenvalue weighted by Gasteiger charge is -2.52. The van der Waals surface area contributed by atoms with E-state index >= 15 is 0 Å². The zero-order chi connectivity index (χ0) is 18.5. The molecule has 5 nitrogen and oxygen atoms in total. The number of nitrogens with zero attached hydrogens (tertiary/aromatic N) is 2. The quantitative estimate of drug-likeness (QED) is 0.614. The van der Waals surface area contributed by atoms with Crippen molar-refractivity contribution >= 4 is 5.97 Å². The summed E-state index contributed by atoms with van der Waals surface area (Å²) in [5.41, 5.74) is 1.11. The molecule has 6 atom stereocenters. The Morgan fingerprint density at radius 2 is 1.96 bits per heavy atom. The van der Waals surface area contributed by atoms with Gasteiger partial charge >= 0.3 is 5.97 Å². The number of hydrogen-bond donors (Lipinski definition) is 1. The fourth-order valence-electron chi connectivity index (χ4n) is 5.84. The Hall–Kier alpha value is -0.910. The van der Waals surface area contributed by atoms with Crippen LogP contribution in [0.5, 0.6) is 0 Å². The molecule has 0 radical (unpaired) electrons. The number of esters is 1. The van der Waals surface area contributed by atoms with Gasteiger partial charge in [0.15, 0.2) is 0 Å². The van der Waals surface area contributed by atoms with E-state index in [4.69, 9.17) is 4.74 Å². The predicted molar refractivity (Wildman–Crippen MR) is 101 cm³/mol. The van der Waals surface area contributed by atoms with E-state index in [-0.39, 0.29) is 29.3 Å². The average molecular weight is 363 g/mol. The molecular formula is C21H34N2O3. The van der Waals surface area contributed by atoms with Crippen LogP contribution in [0.15, 0.2) is 11.6 Å². The third-order valence-electron chi connectivity index (χ3n) is 7.94. The minimum Gasteiger partial charge on any atom is -0.461 e. The van der Waals surface area contributed by atoms with E-state index in [9.17, 15) is 9.90 Å². The Bertz CT molecular complexity index is 584. The lowest BCUT2D eigenvalue weighted by molar-refractivity contribution is -0.145. The first-order valence-corrected chi connectivity index (χ1v) is 10.5. The van der Waals surface area contributed by atoms with Gasteiger partial charge in [0.1, 0.15) is 6.10 Å². The van der Waals surface area contributed by atoms with Crippen LogP contribution < -0.4 is 0 Å². The normalized spacial score (nSPS) is 44.2. The molecule has 0 aromatic rings. The summed E-state index contributed by atoms with van der Waals surface area (Å²) >= 11 is 0. The summed E-state index contributed by atoms with van der Waals surface area (Å²) in [6.07, 6.45) is 4.68. The number of likely N-dealkylation sites (N-methyl/N-ethyl adjacent to an activating group) is 1. The average Bonchev–Trinajstić information content (AvgIpc) is 2.94. The van der Waals surface area contributed by atoms with Crippen LogP contribution in [0.25, 0.3) is 0 Å². The summed E-state index contributed by atoms with van der Waals surface area (Å²) in [7, 11) is 0. The second-order valence-corrected chi connectivity index (χ2v) is 9.03. The molecule has 0 bridgehead atoms. The van der Waals surface area contributed by atoms with E-state index in [0.29, 0.717) is 5.92 Å². The molecule has 0 unspecified atom stereocenters. The number of carbonyl (C=O) groups excluding carboxylic acids is 1. The molecule has 4 aliphatic rings. The predicted octanol–water partition coefficient (Wildman–Crippen LogP) is 1.91. The number of ether oxygens (including phenoxy) is 1. The molecule has 2 aliphatic heterocycles. The summed E-state index contributed by atoms with van der Waals surface area (Å²) in [5, 5.41) is 11.4. The van der Waals surface area contributed by atoms with Gasteiger partial charge in [0.2, 0.25) is 0 Å². The highest BCUT2D eigenvalue weighted by Crippen LogP contribution is 2.56. The van der Waals surface area contributed by atoms with E-state index in [1.165, 1.54) is 5.57 Å². The Balaban J connectivity index is 1.52. The van der Waals surface area contributed by atoms with E-state index in [1.807, 2.05) is 0 Å². The first-order valence-electron chi connectivity index (χ1n) is 10.5. The van der Waals surface area contributed by atoms with Gasteiger partial charge in [-0.1, -0.05) is 32.4 Å². The third-order valence-corrected chi connectivity index (χ3v) is 7.94. The van der Waals surface area contributed by atoms with Crippen molar-refractivity contribution in [3.63, 3.8) is 0 Å². The molecule has 0 aromatic heterocycles. The highest BCUT2D eigenvalue weighted by Gasteiger charge is 2.59. The van der Waals surface area contributed by atoms with Gasteiger partial charge in [-0.25, -0.2) is 0 Å². The highest BCUT2D eigenvalue weighted by atomic mass is 16.6. The molecule has 0 spiro atoms. The van der Waals surface area contributed by atoms with Crippen molar-refractivity contribution in [2.24, 2.45) is 23.2 Å². The van der Waals surface area contributed by atoms with Crippen molar-refractivity contribution in [3.8, 4) is 0 Å². The number of fused-ring (bicyclic) bond motifs is 2. The van der Waals surface area contributed by atoms with Crippen LogP contribution in [0.2, 0.25) is 0 Å². The van der Waals surface area contributed by atoms with Crippen LogP contribution in [0.1, 0.15) is 40.0 Å². The van der Waals surface area contributed by atoms with Crippen molar-refractivity contribution in [2.75, 3.05) is 39.3 Å². The number of allylic oxidation sites excluding steroid dienone is 1. The Labute approximate surface area is 157 Å². The summed E-state index contributed by atoms with van der Waals surface area (Å²) in [6, 6.07) is 0. The lowest BCUT2D eigenvalue weighted by atomic mass is 9.55. The van der Waals surface area contributed by atoms with Gasteiger partial charge in [-0.05, 0) is 25.3 Å². The number of rotatable bonds is 3. The van der Waals surface area contributed by atoms with E-state index in [0.717, 1.165) is 58.5 Å². The molecule has 4 rings (SSSR count). The van der Waals surface area contributed by atoms with Crippen molar-refractivity contribution in [2.45, 2.75) is 52.2 Å². The summed E-state index contributed by atoms with van der Waals surface area (Å²) in [6.45, 7) is 12.6. The van der Waals surface area contributed by atoms with Gasteiger partial charge in [0.25, 0.3) is 0 Å². The summed E-state index contributed by atoms with van der Waals surface area (Å²) in [5.74, 6) is 0.112. The zero-order valence-electron chi connectivity index (χ0n) is 16.5. The molecule has 3 fully saturated rings. The van der Waals surface area contributed by atoms with Crippen LogP contribution in [-0.4, -0.2) is 72.4 Å². The second kappa shape index (κ2) is 6.92. The molecule has 1 saturated carbocycles. The second-order valence-electron chi connectivity index (χ2n) is 9.03. The minimum atomic E-state index is -0.490. The van der Waals surface area contributed by atoms with Crippen LogP contribution in [0, 0.1) is 23.2 Å². The monoisotopic (exact) mass is 362 g/mol. The zero-order valence-corrected chi connectivity index (χ0v) is 16.5. The van der Waals surface area contributed by atoms with Crippen LogP contribution in [0.4, 0.5) is 0 Å². The maximum absolute atomic E-state index is 12.7. The van der Waals surface area contributed by atoms with Gasteiger partial charge in [0.05, 0.1) is 12.0 Å². The third kappa shape index (κ3) is 2.83. The molecule has 1 N–H and O–H groups in total. The smallest absolute Gasteiger partial charge is 0.311 e. The maximum Gasteiger partial charge on any atom is 0.311 e. The van der Waals surface area contributed by atoms with Gasteiger partial charge in [-0.15, -0.1) is 0 Å². The maximum atomic E-state index is 12.7. The largest absolute Gasteiger partial charge is 0.461 e. The fourth-order valence-corrected chi connectivity index (χ4v) is 5.84. The topological polar surface area (TPSA) is 53.0 Å². The van der Waals surface area contributed by atoms with E-state index in [2.05, 4.69) is 36.6 Å². The fraction of sp³-hybridized carbons (Fsp3) is 0.857. The highest BCUT2D eigenvalue weighted by molar-refractivity contribution is 5.76. The molecule has 5 heteroatoms. The van der Waals surface area contributed by atoms with Gasteiger partial charge in [0, 0.05) is 50.5 Å². The Kier molecular flexibility index (Phi) is 4.91. The van der Waals surface area contributed by atoms with Gasteiger partial charge in [-0.2, -0.15) is 0 Å². The Morgan fingerprint density at radius 3 is 2.65 bits per heavy atom. The number of hydrogen-bond acceptors (Lipinski definition) is 5. The molecule has 0 aromatic carbocycles. The summed E-state index contributed by atoms with van der Waals surface area (Å²) < 4.78 is 5.78. The number of piperazine rings is 1. The van der Waals surface area contributed by atoms with Gasteiger partial charge in [-0.3, -0.25) is 9.69 Å².